The average Bonchev–Trinajstić information content (AvgIpc) is 2.41. The first-order valence-electron chi connectivity index (χ1n) is 6.49. The molecule has 0 aliphatic heterocycles. The van der Waals surface area contributed by atoms with Crippen molar-refractivity contribution in [1.82, 2.24) is 5.32 Å². The minimum atomic E-state index is -1.53. The maximum absolute atomic E-state index is 13.4. The lowest BCUT2D eigenvalue weighted by atomic mass is 9.95. The van der Waals surface area contributed by atoms with Crippen LogP contribution in [0.25, 0.3) is 0 Å². The molecule has 1 aromatic carbocycles. The number of halogens is 3. The second-order valence-corrected chi connectivity index (χ2v) is 4.91. The largest absolute Gasteiger partial charge is 0.353 e. The van der Waals surface area contributed by atoms with Gasteiger partial charge < -0.3 is 5.32 Å². The first-order valence-corrected chi connectivity index (χ1v) is 6.49. The molecule has 0 heterocycles. The molecular formula is C14H16F3NO. The van der Waals surface area contributed by atoms with Crippen LogP contribution in [0.2, 0.25) is 0 Å². The number of hydrogen-bond acceptors (Lipinski definition) is 1. The molecule has 1 aliphatic rings. The summed E-state index contributed by atoms with van der Waals surface area (Å²) in [5, 5.41) is 2.81. The lowest BCUT2D eigenvalue weighted by molar-refractivity contribution is -0.121. The monoisotopic (exact) mass is 271 g/mol. The van der Waals surface area contributed by atoms with E-state index in [0.717, 1.165) is 37.8 Å². The second kappa shape index (κ2) is 6.08. The van der Waals surface area contributed by atoms with Crippen LogP contribution in [0.3, 0.4) is 0 Å². The molecule has 1 aliphatic carbocycles. The fraction of sp³-hybridized carbons (Fsp3) is 0.500. The summed E-state index contributed by atoms with van der Waals surface area (Å²) in [5.74, 6) is -4.40. The van der Waals surface area contributed by atoms with E-state index in [1.54, 1.807) is 0 Å². The highest BCUT2D eigenvalue weighted by atomic mass is 19.2. The van der Waals surface area contributed by atoms with Gasteiger partial charge in [0.25, 0.3) is 0 Å². The van der Waals surface area contributed by atoms with Gasteiger partial charge in [-0.05, 0) is 18.9 Å². The van der Waals surface area contributed by atoms with E-state index in [4.69, 9.17) is 0 Å². The highest BCUT2D eigenvalue weighted by Gasteiger charge is 2.19. The van der Waals surface area contributed by atoms with Crippen molar-refractivity contribution in [2.45, 2.75) is 44.6 Å². The first kappa shape index (κ1) is 13.9. The van der Waals surface area contributed by atoms with E-state index in [1.807, 2.05) is 0 Å². The van der Waals surface area contributed by atoms with E-state index in [1.165, 1.54) is 6.42 Å². The van der Waals surface area contributed by atoms with E-state index >= 15 is 0 Å². The van der Waals surface area contributed by atoms with E-state index in [-0.39, 0.29) is 23.9 Å². The Hall–Kier alpha value is -1.52. The van der Waals surface area contributed by atoms with Crippen LogP contribution in [0.1, 0.15) is 37.7 Å². The summed E-state index contributed by atoms with van der Waals surface area (Å²) in [6.45, 7) is 0. The maximum Gasteiger partial charge on any atom is 0.224 e. The first-order chi connectivity index (χ1) is 9.08. The molecule has 1 N–H and O–H groups in total. The Balaban J connectivity index is 1.97. The number of hydrogen-bond donors (Lipinski definition) is 1. The minimum absolute atomic E-state index is 0.118. The van der Waals surface area contributed by atoms with Gasteiger partial charge in [-0.15, -0.1) is 0 Å². The Labute approximate surface area is 110 Å². The van der Waals surface area contributed by atoms with Crippen molar-refractivity contribution in [3.05, 3.63) is 35.1 Å². The number of rotatable bonds is 3. The van der Waals surface area contributed by atoms with Gasteiger partial charge in [0.05, 0.1) is 6.42 Å². The molecule has 2 nitrogen and oxygen atoms in total. The molecule has 1 amide bonds. The van der Waals surface area contributed by atoms with Crippen LogP contribution in [0.15, 0.2) is 12.1 Å². The molecule has 0 spiro atoms. The van der Waals surface area contributed by atoms with Crippen LogP contribution in [0.5, 0.6) is 0 Å². The van der Waals surface area contributed by atoms with Crippen molar-refractivity contribution in [2.24, 2.45) is 0 Å². The number of carbonyl (C=O) groups is 1. The predicted octanol–water partition coefficient (Wildman–Crippen LogP) is 3.10. The van der Waals surface area contributed by atoms with E-state index < -0.39 is 17.5 Å². The predicted molar refractivity (Wildman–Crippen MR) is 65.0 cm³/mol. The van der Waals surface area contributed by atoms with Gasteiger partial charge in [0.1, 0.15) is 0 Å². The van der Waals surface area contributed by atoms with Crippen molar-refractivity contribution >= 4 is 5.91 Å². The molecule has 2 rings (SSSR count). The number of benzene rings is 1. The maximum atomic E-state index is 13.4. The van der Waals surface area contributed by atoms with Crippen LogP contribution in [0, 0.1) is 17.5 Å². The molecule has 5 heteroatoms. The summed E-state index contributed by atoms with van der Waals surface area (Å²) in [4.78, 5) is 11.7. The lowest BCUT2D eigenvalue weighted by Gasteiger charge is -2.22. The highest BCUT2D eigenvalue weighted by Crippen LogP contribution is 2.18. The summed E-state index contributed by atoms with van der Waals surface area (Å²) in [5.41, 5.74) is -0.118. The van der Waals surface area contributed by atoms with Gasteiger partial charge in [-0.2, -0.15) is 0 Å². The summed E-state index contributed by atoms with van der Waals surface area (Å²) in [6, 6.07) is 2.06. The quantitative estimate of drug-likeness (QED) is 0.841. The Morgan fingerprint density at radius 2 is 1.79 bits per heavy atom. The highest BCUT2D eigenvalue weighted by molar-refractivity contribution is 5.78. The van der Waals surface area contributed by atoms with E-state index in [0.29, 0.717) is 0 Å². The van der Waals surface area contributed by atoms with Gasteiger partial charge in [-0.3, -0.25) is 4.79 Å². The van der Waals surface area contributed by atoms with Crippen molar-refractivity contribution in [2.75, 3.05) is 0 Å². The number of carbonyl (C=O) groups excluding carboxylic acids is 1. The molecule has 0 bridgehead atoms. The molecule has 1 aromatic rings. The van der Waals surface area contributed by atoms with Crippen LogP contribution >= 0.6 is 0 Å². The Bertz CT molecular complexity index is 470. The van der Waals surface area contributed by atoms with Gasteiger partial charge in [0.15, 0.2) is 17.5 Å². The normalized spacial score (nSPS) is 16.4. The number of amides is 1. The summed E-state index contributed by atoms with van der Waals surface area (Å²) >= 11 is 0. The minimum Gasteiger partial charge on any atom is -0.353 e. The van der Waals surface area contributed by atoms with Gasteiger partial charge in [-0.1, -0.05) is 25.3 Å². The average molecular weight is 271 g/mol. The Kier molecular flexibility index (Phi) is 4.45. The molecule has 0 unspecified atom stereocenters. The molecule has 1 fully saturated rings. The smallest absolute Gasteiger partial charge is 0.224 e. The van der Waals surface area contributed by atoms with E-state index in [9.17, 15) is 18.0 Å². The van der Waals surface area contributed by atoms with Crippen molar-refractivity contribution in [3.8, 4) is 0 Å². The Morgan fingerprint density at radius 1 is 1.11 bits per heavy atom. The molecule has 0 saturated heterocycles. The SMILES string of the molecule is O=C(Cc1ccc(F)c(F)c1F)NC1CCCCC1. The second-order valence-electron chi connectivity index (χ2n) is 4.91. The van der Waals surface area contributed by atoms with Gasteiger partial charge in [0.2, 0.25) is 5.91 Å². The zero-order valence-corrected chi connectivity index (χ0v) is 10.5. The fourth-order valence-electron chi connectivity index (χ4n) is 2.40. The molecule has 0 atom stereocenters. The summed E-state index contributed by atoms with van der Waals surface area (Å²) in [7, 11) is 0. The van der Waals surface area contributed by atoms with Crippen molar-refractivity contribution < 1.29 is 18.0 Å². The van der Waals surface area contributed by atoms with Gasteiger partial charge >= 0.3 is 0 Å². The third kappa shape index (κ3) is 3.49. The molecule has 1 saturated carbocycles. The molecule has 0 aromatic heterocycles. The summed E-state index contributed by atoms with van der Waals surface area (Å²) in [6.07, 6.45) is 4.90. The fourth-order valence-corrected chi connectivity index (χ4v) is 2.40. The van der Waals surface area contributed by atoms with Crippen LogP contribution in [-0.4, -0.2) is 11.9 Å². The molecule has 19 heavy (non-hydrogen) atoms. The van der Waals surface area contributed by atoms with Crippen LogP contribution in [0.4, 0.5) is 13.2 Å². The summed E-state index contributed by atoms with van der Waals surface area (Å²) < 4.78 is 39.2. The van der Waals surface area contributed by atoms with Crippen LogP contribution < -0.4 is 5.32 Å². The third-order valence-corrected chi connectivity index (χ3v) is 3.44. The number of nitrogens with one attached hydrogen (secondary N) is 1. The topological polar surface area (TPSA) is 29.1 Å². The third-order valence-electron chi connectivity index (χ3n) is 3.44. The van der Waals surface area contributed by atoms with Gasteiger partial charge in [0, 0.05) is 11.6 Å². The Morgan fingerprint density at radius 3 is 2.47 bits per heavy atom. The lowest BCUT2D eigenvalue weighted by Crippen LogP contribution is -2.37. The van der Waals surface area contributed by atoms with Crippen molar-refractivity contribution in [1.29, 1.82) is 0 Å². The molecule has 0 radical (unpaired) electrons. The van der Waals surface area contributed by atoms with E-state index in [2.05, 4.69) is 5.32 Å². The van der Waals surface area contributed by atoms with Crippen LogP contribution in [-0.2, 0) is 11.2 Å². The zero-order valence-electron chi connectivity index (χ0n) is 10.5. The standard InChI is InChI=1S/C14H16F3NO/c15-11-7-6-9(13(16)14(11)17)8-12(19)18-10-4-2-1-3-5-10/h6-7,10H,1-5,8H2,(H,18,19). The molecule has 104 valence electrons. The zero-order chi connectivity index (χ0) is 13.8. The van der Waals surface area contributed by atoms with Gasteiger partial charge in [-0.25, -0.2) is 13.2 Å². The van der Waals surface area contributed by atoms with Crippen molar-refractivity contribution in [3.63, 3.8) is 0 Å². The molecular weight excluding hydrogens is 255 g/mol.